The second kappa shape index (κ2) is 8.72. The first-order chi connectivity index (χ1) is 12.2. The van der Waals surface area contributed by atoms with E-state index in [-0.39, 0.29) is 0 Å². The molecule has 2 N–H and O–H groups in total. The Morgan fingerprint density at radius 1 is 1.24 bits per heavy atom. The van der Waals surface area contributed by atoms with E-state index in [9.17, 15) is 0 Å². The maximum absolute atomic E-state index is 5.36. The molecule has 134 valence electrons. The first kappa shape index (κ1) is 17.5. The van der Waals surface area contributed by atoms with Gasteiger partial charge >= 0.3 is 0 Å². The van der Waals surface area contributed by atoms with Crippen molar-refractivity contribution in [3.05, 3.63) is 60.1 Å². The van der Waals surface area contributed by atoms with Crippen LogP contribution in [0.3, 0.4) is 0 Å². The summed E-state index contributed by atoms with van der Waals surface area (Å²) in [5, 5.41) is 6.93. The Hall–Kier alpha value is -2.27. The molecule has 1 aromatic heterocycles. The number of benzene rings is 1. The number of furan rings is 1. The number of likely N-dealkylation sites (tertiary alicyclic amines) is 1. The van der Waals surface area contributed by atoms with E-state index < -0.39 is 0 Å². The third-order valence-corrected chi connectivity index (χ3v) is 4.74. The average molecular weight is 340 g/mol. The van der Waals surface area contributed by atoms with Crippen molar-refractivity contribution in [2.24, 2.45) is 4.99 Å². The fraction of sp³-hybridized carbons (Fsp3) is 0.450. The Bertz CT molecular complexity index is 654. The summed E-state index contributed by atoms with van der Waals surface area (Å²) < 4.78 is 5.36. The zero-order chi connectivity index (χ0) is 17.5. The molecule has 5 heteroatoms. The number of guanidine groups is 1. The van der Waals surface area contributed by atoms with E-state index in [4.69, 9.17) is 4.42 Å². The Kier molecular flexibility index (Phi) is 6.12. The van der Waals surface area contributed by atoms with Gasteiger partial charge in [0.2, 0.25) is 0 Å². The zero-order valence-electron chi connectivity index (χ0n) is 15.1. The average Bonchev–Trinajstić information content (AvgIpc) is 3.25. The minimum atomic E-state index is 0.425. The van der Waals surface area contributed by atoms with Crippen LogP contribution in [0, 0.1) is 0 Å². The monoisotopic (exact) mass is 340 g/mol. The number of nitrogens with one attached hydrogen (secondary N) is 2. The summed E-state index contributed by atoms with van der Waals surface area (Å²) in [7, 11) is 1.82. The molecule has 2 heterocycles. The molecule has 3 rings (SSSR count). The second-order valence-corrected chi connectivity index (χ2v) is 6.67. The predicted octanol–water partition coefficient (Wildman–Crippen LogP) is 2.65. The van der Waals surface area contributed by atoms with Crippen LogP contribution in [0.25, 0.3) is 0 Å². The zero-order valence-corrected chi connectivity index (χ0v) is 15.1. The highest BCUT2D eigenvalue weighted by Gasteiger charge is 2.29. The van der Waals surface area contributed by atoms with Gasteiger partial charge in [0.1, 0.15) is 5.76 Å². The summed E-state index contributed by atoms with van der Waals surface area (Å²) in [6.45, 7) is 5.15. The van der Waals surface area contributed by atoms with Crippen molar-refractivity contribution in [2.45, 2.75) is 38.4 Å². The molecule has 1 saturated heterocycles. The molecular weight excluding hydrogens is 312 g/mol. The van der Waals surface area contributed by atoms with Crippen molar-refractivity contribution >= 4 is 5.96 Å². The number of aliphatic imine (C=N–C) groups is 1. The van der Waals surface area contributed by atoms with Gasteiger partial charge in [-0.3, -0.25) is 9.89 Å². The Morgan fingerprint density at radius 3 is 2.80 bits per heavy atom. The summed E-state index contributed by atoms with van der Waals surface area (Å²) in [5.74, 6) is 1.86. The highest BCUT2D eigenvalue weighted by molar-refractivity contribution is 5.80. The summed E-state index contributed by atoms with van der Waals surface area (Å²) in [5.41, 5.74) is 1.37. The fourth-order valence-corrected chi connectivity index (χ4v) is 3.39. The normalized spacial score (nSPS) is 21.4. The van der Waals surface area contributed by atoms with Crippen LogP contribution in [0.15, 0.2) is 58.1 Å². The van der Waals surface area contributed by atoms with Gasteiger partial charge in [-0.25, -0.2) is 0 Å². The molecule has 1 aliphatic heterocycles. The quantitative estimate of drug-likeness (QED) is 0.627. The van der Waals surface area contributed by atoms with Crippen LogP contribution in [0.2, 0.25) is 0 Å². The van der Waals surface area contributed by atoms with Crippen molar-refractivity contribution in [3.8, 4) is 0 Å². The van der Waals surface area contributed by atoms with Gasteiger partial charge in [0.05, 0.1) is 6.26 Å². The lowest BCUT2D eigenvalue weighted by molar-refractivity contribution is 0.258. The van der Waals surface area contributed by atoms with E-state index in [1.165, 1.54) is 5.56 Å². The van der Waals surface area contributed by atoms with Gasteiger partial charge in [-0.1, -0.05) is 30.3 Å². The first-order valence-electron chi connectivity index (χ1n) is 9.02. The van der Waals surface area contributed by atoms with Crippen molar-refractivity contribution < 1.29 is 4.42 Å². The molecule has 0 amide bonds. The molecule has 5 nitrogen and oxygen atoms in total. The fourth-order valence-electron chi connectivity index (χ4n) is 3.39. The SMILES string of the molecule is CN=C(NCCc1ccco1)NC1CC(C)N(Cc2ccccc2)C1. The van der Waals surface area contributed by atoms with Crippen molar-refractivity contribution in [1.29, 1.82) is 0 Å². The lowest BCUT2D eigenvalue weighted by Crippen LogP contribution is -2.45. The molecule has 1 fully saturated rings. The van der Waals surface area contributed by atoms with Crippen LogP contribution >= 0.6 is 0 Å². The van der Waals surface area contributed by atoms with Crippen LogP contribution < -0.4 is 10.6 Å². The third-order valence-electron chi connectivity index (χ3n) is 4.74. The van der Waals surface area contributed by atoms with Crippen LogP contribution in [0.4, 0.5) is 0 Å². The van der Waals surface area contributed by atoms with Gasteiger partial charge in [-0.2, -0.15) is 0 Å². The van der Waals surface area contributed by atoms with Crippen molar-refractivity contribution in [2.75, 3.05) is 20.1 Å². The highest BCUT2D eigenvalue weighted by atomic mass is 16.3. The molecule has 2 atom stereocenters. The molecule has 0 aliphatic carbocycles. The van der Waals surface area contributed by atoms with E-state index in [0.29, 0.717) is 12.1 Å². The minimum absolute atomic E-state index is 0.425. The molecule has 1 aromatic carbocycles. The van der Waals surface area contributed by atoms with Gasteiger partial charge in [-0.15, -0.1) is 0 Å². The standard InChI is InChI=1S/C20H28N4O/c1-16-13-18(15-24(16)14-17-7-4-3-5-8-17)23-20(21-2)22-11-10-19-9-6-12-25-19/h3-9,12,16,18H,10-11,13-15H2,1-2H3,(H2,21,22,23). The van der Waals surface area contributed by atoms with Gasteiger partial charge in [-0.05, 0) is 31.0 Å². The molecule has 0 spiro atoms. The number of nitrogens with zero attached hydrogens (tertiary/aromatic N) is 2. The molecule has 0 bridgehead atoms. The van der Waals surface area contributed by atoms with Crippen LogP contribution in [0.5, 0.6) is 0 Å². The molecule has 0 saturated carbocycles. The number of hydrogen-bond acceptors (Lipinski definition) is 3. The summed E-state index contributed by atoms with van der Waals surface area (Å²) in [4.78, 5) is 6.88. The van der Waals surface area contributed by atoms with Gasteiger partial charge in [0, 0.05) is 45.2 Å². The molecule has 0 radical (unpaired) electrons. The molecular formula is C20H28N4O. The second-order valence-electron chi connectivity index (χ2n) is 6.67. The van der Waals surface area contributed by atoms with E-state index in [1.807, 2.05) is 19.2 Å². The molecule has 2 unspecified atom stereocenters. The maximum Gasteiger partial charge on any atom is 0.191 e. The molecule has 25 heavy (non-hydrogen) atoms. The molecule has 2 aromatic rings. The summed E-state index contributed by atoms with van der Waals surface area (Å²) in [6.07, 6.45) is 3.70. The first-order valence-corrected chi connectivity index (χ1v) is 9.02. The largest absolute Gasteiger partial charge is 0.469 e. The lowest BCUT2D eigenvalue weighted by Gasteiger charge is -2.21. The number of hydrogen-bond donors (Lipinski definition) is 2. The topological polar surface area (TPSA) is 52.8 Å². The Labute approximate surface area is 150 Å². The Morgan fingerprint density at radius 2 is 2.08 bits per heavy atom. The Balaban J connectivity index is 1.45. The smallest absolute Gasteiger partial charge is 0.191 e. The minimum Gasteiger partial charge on any atom is -0.469 e. The van der Waals surface area contributed by atoms with Crippen molar-refractivity contribution in [3.63, 3.8) is 0 Å². The van der Waals surface area contributed by atoms with Crippen LogP contribution in [-0.2, 0) is 13.0 Å². The van der Waals surface area contributed by atoms with E-state index >= 15 is 0 Å². The van der Waals surface area contributed by atoms with Crippen LogP contribution in [-0.4, -0.2) is 43.1 Å². The third kappa shape index (κ3) is 5.10. The lowest BCUT2D eigenvalue weighted by atomic mass is 10.2. The number of rotatable bonds is 6. The van der Waals surface area contributed by atoms with Gasteiger partial charge in [0.15, 0.2) is 5.96 Å². The van der Waals surface area contributed by atoms with Crippen LogP contribution in [0.1, 0.15) is 24.7 Å². The summed E-state index contributed by atoms with van der Waals surface area (Å²) >= 11 is 0. The van der Waals surface area contributed by atoms with Gasteiger partial charge < -0.3 is 15.1 Å². The van der Waals surface area contributed by atoms with Gasteiger partial charge in [0.25, 0.3) is 0 Å². The van der Waals surface area contributed by atoms with E-state index in [0.717, 1.165) is 44.2 Å². The maximum atomic E-state index is 5.36. The highest BCUT2D eigenvalue weighted by Crippen LogP contribution is 2.20. The van der Waals surface area contributed by atoms with E-state index in [2.05, 4.69) is 57.8 Å². The predicted molar refractivity (Wildman–Crippen MR) is 102 cm³/mol. The van der Waals surface area contributed by atoms with Crippen molar-refractivity contribution in [1.82, 2.24) is 15.5 Å². The van der Waals surface area contributed by atoms with E-state index in [1.54, 1.807) is 6.26 Å². The molecule has 1 aliphatic rings. The summed E-state index contributed by atoms with van der Waals surface area (Å²) in [6, 6.07) is 15.6.